The van der Waals surface area contributed by atoms with Crippen LogP contribution >= 0.6 is 0 Å². The van der Waals surface area contributed by atoms with Gasteiger partial charge in [-0.15, -0.1) is 0 Å². The van der Waals surface area contributed by atoms with E-state index in [1.807, 2.05) is 0 Å². The fraction of sp³-hybridized carbons (Fsp3) is 0.417. The molecule has 0 radical (unpaired) electrons. The predicted octanol–water partition coefficient (Wildman–Crippen LogP) is 1.48. The van der Waals surface area contributed by atoms with Gasteiger partial charge in [0.2, 0.25) is 0 Å². The lowest BCUT2D eigenvalue weighted by atomic mass is 10.2. The first kappa shape index (κ1) is 11.7. The summed E-state index contributed by atoms with van der Waals surface area (Å²) in [5.41, 5.74) is 0.513. The second kappa shape index (κ2) is 5.05. The van der Waals surface area contributed by atoms with Gasteiger partial charge in [0.05, 0.1) is 20.3 Å². The number of rotatable bonds is 2. The molecule has 17 heavy (non-hydrogen) atoms. The normalized spacial score (nSPS) is 14.0. The quantitative estimate of drug-likeness (QED) is 0.731. The van der Waals surface area contributed by atoms with Gasteiger partial charge in [0.25, 0.3) is 5.91 Å². The van der Waals surface area contributed by atoms with Crippen LogP contribution in [0.25, 0.3) is 0 Å². The number of nitrogens with zero attached hydrogens (tertiary/aromatic N) is 1. The molecule has 5 heteroatoms. The van der Waals surface area contributed by atoms with Crippen LogP contribution in [0.4, 0.5) is 0 Å². The first-order valence-electron chi connectivity index (χ1n) is 5.44. The molecule has 0 spiro atoms. The summed E-state index contributed by atoms with van der Waals surface area (Å²) in [6.45, 7) is 1.24. The van der Waals surface area contributed by atoms with Crippen molar-refractivity contribution in [3.8, 4) is 11.5 Å². The molecule has 0 unspecified atom stereocenters. The van der Waals surface area contributed by atoms with Crippen molar-refractivity contribution in [2.45, 2.75) is 6.42 Å². The van der Waals surface area contributed by atoms with Crippen LogP contribution in [0.5, 0.6) is 11.5 Å². The van der Waals surface area contributed by atoms with Crippen LogP contribution in [0.3, 0.4) is 0 Å². The van der Waals surface area contributed by atoms with Crippen molar-refractivity contribution in [2.75, 3.05) is 27.4 Å². The van der Waals surface area contributed by atoms with Gasteiger partial charge in [-0.3, -0.25) is 9.63 Å². The predicted molar refractivity (Wildman–Crippen MR) is 61.2 cm³/mol. The van der Waals surface area contributed by atoms with E-state index in [1.165, 1.54) is 12.2 Å². The summed E-state index contributed by atoms with van der Waals surface area (Å²) in [6, 6.07) is 5.13. The third-order valence-corrected chi connectivity index (χ3v) is 2.55. The highest BCUT2D eigenvalue weighted by molar-refractivity contribution is 5.94. The van der Waals surface area contributed by atoms with Crippen molar-refractivity contribution in [3.05, 3.63) is 23.8 Å². The number of carbonyl (C=O) groups excluding carboxylic acids is 1. The molecular formula is C12H15NO4. The molecule has 1 aromatic rings. The Bertz CT molecular complexity index is 419. The van der Waals surface area contributed by atoms with Gasteiger partial charge in [-0.25, -0.2) is 5.06 Å². The Morgan fingerprint density at radius 3 is 2.71 bits per heavy atom. The lowest BCUT2D eigenvalue weighted by molar-refractivity contribution is -0.0757. The highest BCUT2D eigenvalue weighted by Crippen LogP contribution is 2.30. The number of ether oxygens (including phenoxy) is 2. The molecule has 0 saturated carbocycles. The van der Waals surface area contributed by atoms with E-state index in [0.717, 1.165) is 6.42 Å². The Balaban J connectivity index is 2.26. The summed E-state index contributed by atoms with van der Waals surface area (Å²) < 4.78 is 11.0. The zero-order valence-corrected chi connectivity index (χ0v) is 9.93. The molecule has 0 fully saturated rings. The van der Waals surface area contributed by atoms with Gasteiger partial charge >= 0.3 is 0 Å². The van der Waals surface area contributed by atoms with Crippen LogP contribution in [-0.4, -0.2) is 38.3 Å². The average Bonchev–Trinajstić information content (AvgIpc) is 2.61. The lowest BCUT2D eigenvalue weighted by Gasteiger charge is -2.14. The second-order valence-corrected chi connectivity index (χ2v) is 3.70. The Morgan fingerprint density at radius 2 is 2.00 bits per heavy atom. The SMILES string of the molecule is CON(C)C(=O)c1ccc2c(c1)OCCCO2. The molecule has 0 aliphatic carbocycles. The summed E-state index contributed by atoms with van der Waals surface area (Å²) in [4.78, 5) is 16.7. The van der Waals surface area contributed by atoms with Gasteiger partial charge in [-0.2, -0.15) is 0 Å². The maximum absolute atomic E-state index is 11.9. The fourth-order valence-electron chi connectivity index (χ4n) is 1.56. The molecule has 0 N–H and O–H groups in total. The molecule has 1 aromatic carbocycles. The third-order valence-electron chi connectivity index (χ3n) is 2.55. The van der Waals surface area contributed by atoms with E-state index in [4.69, 9.17) is 14.3 Å². The Morgan fingerprint density at radius 1 is 1.29 bits per heavy atom. The Kier molecular flexibility index (Phi) is 3.49. The second-order valence-electron chi connectivity index (χ2n) is 3.70. The van der Waals surface area contributed by atoms with Gasteiger partial charge < -0.3 is 9.47 Å². The van der Waals surface area contributed by atoms with Crippen LogP contribution in [0.2, 0.25) is 0 Å². The topological polar surface area (TPSA) is 48.0 Å². The van der Waals surface area contributed by atoms with Crippen LogP contribution in [0.15, 0.2) is 18.2 Å². The fourth-order valence-corrected chi connectivity index (χ4v) is 1.56. The molecule has 1 heterocycles. The Labute approximate surface area is 99.8 Å². The number of hydrogen-bond acceptors (Lipinski definition) is 4. The van der Waals surface area contributed by atoms with Crippen molar-refractivity contribution in [1.29, 1.82) is 0 Å². The van der Waals surface area contributed by atoms with Crippen molar-refractivity contribution in [3.63, 3.8) is 0 Å². The van der Waals surface area contributed by atoms with Crippen molar-refractivity contribution in [1.82, 2.24) is 5.06 Å². The molecule has 2 rings (SSSR count). The molecule has 0 bridgehead atoms. The maximum atomic E-state index is 11.9. The van der Waals surface area contributed by atoms with Crippen LogP contribution < -0.4 is 9.47 Å². The van der Waals surface area contributed by atoms with Crippen molar-refractivity contribution in [2.24, 2.45) is 0 Å². The molecule has 92 valence electrons. The number of fused-ring (bicyclic) bond motifs is 1. The van der Waals surface area contributed by atoms with E-state index in [0.29, 0.717) is 30.3 Å². The van der Waals surface area contributed by atoms with Gasteiger partial charge in [0.15, 0.2) is 11.5 Å². The summed E-state index contributed by atoms with van der Waals surface area (Å²) in [6.07, 6.45) is 0.843. The minimum absolute atomic E-state index is 0.219. The van der Waals surface area contributed by atoms with Gasteiger partial charge in [0, 0.05) is 19.0 Å². The first-order valence-corrected chi connectivity index (χ1v) is 5.44. The van der Waals surface area contributed by atoms with Crippen molar-refractivity contribution < 1.29 is 19.1 Å². The maximum Gasteiger partial charge on any atom is 0.277 e. The standard InChI is InChI=1S/C12H15NO4/c1-13(15-2)12(14)9-4-5-10-11(8-9)17-7-3-6-16-10/h4-5,8H,3,6-7H2,1-2H3. The number of amides is 1. The molecular weight excluding hydrogens is 222 g/mol. The summed E-state index contributed by atoms with van der Waals surface area (Å²) >= 11 is 0. The number of benzene rings is 1. The molecule has 0 aromatic heterocycles. The van der Waals surface area contributed by atoms with E-state index in [2.05, 4.69) is 0 Å². The largest absolute Gasteiger partial charge is 0.490 e. The lowest BCUT2D eigenvalue weighted by Crippen LogP contribution is -2.25. The van der Waals surface area contributed by atoms with Gasteiger partial charge in [-0.05, 0) is 18.2 Å². The van der Waals surface area contributed by atoms with Gasteiger partial charge in [0.1, 0.15) is 0 Å². The number of hydrogen-bond donors (Lipinski definition) is 0. The molecule has 1 aliphatic rings. The molecule has 5 nitrogen and oxygen atoms in total. The highest BCUT2D eigenvalue weighted by atomic mass is 16.7. The smallest absolute Gasteiger partial charge is 0.277 e. The summed E-state index contributed by atoms with van der Waals surface area (Å²) in [5.74, 6) is 1.07. The molecule has 0 saturated heterocycles. The summed E-state index contributed by atoms with van der Waals surface area (Å²) in [5, 5.41) is 1.17. The minimum atomic E-state index is -0.219. The van der Waals surface area contributed by atoms with E-state index in [9.17, 15) is 4.79 Å². The van der Waals surface area contributed by atoms with E-state index >= 15 is 0 Å². The molecule has 1 aliphatic heterocycles. The first-order chi connectivity index (χ1) is 8.22. The van der Waals surface area contributed by atoms with Gasteiger partial charge in [-0.1, -0.05) is 0 Å². The van der Waals surface area contributed by atoms with E-state index in [-0.39, 0.29) is 5.91 Å². The van der Waals surface area contributed by atoms with Crippen molar-refractivity contribution >= 4 is 5.91 Å². The molecule has 0 atom stereocenters. The third kappa shape index (κ3) is 2.50. The summed E-state index contributed by atoms with van der Waals surface area (Å²) in [7, 11) is 3.01. The van der Waals surface area contributed by atoms with Crippen LogP contribution in [-0.2, 0) is 4.84 Å². The van der Waals surface area contributed by atoms with Crippen LogP contribution in [0.1, 0.15) is 16.8 Å². The van der Waals surface area contributed by atoms with E-state index < -0.39 is 0 Å². The number of hydroxylamine groups is 2. The number of carbonyl (C=O) groups is 1. The Hall–Kier alpha value is -1.75. The monoisotopic (exact) mass is 237 g/mol. The zero-order chi connectivity index (χ0) is 12.3. The molecule has 1 amide bonds. The van der Waals surface area contributed by atoms with E-state index in [1.54, 1.807) is 25.2 Å². The zero-order valence-electron chi connectivity index (χ0n) is 9.93. The minimum Gasteiger partial charge on any atom is -0.490 e. The van der Waals surface area contributed by atoms with Crippen LogP contribution in [0, 0.1) is 0 Å². The average molecular weight is 237 g/mol. The highest BCUT2D eigenvalue weighted by Gasteiger charge is 2.16.